The molecule has 0 aromatic heterocycles. The van der Waals surface area contributed by atoms with Crippen LogP contribution in [0.15, 0.2) is 52.3 Å². The summed E-state index contributed by atoms with van der Waals surface area (Å²) in [5, 5.41) is 19.6. The van der Waals surface area contributed by atoms with Gasteiger partial charge in [0, 0.05) is 11.0 Å². The molecule has 0 unspecified atom stereocenters. The number of nitrogens with zero attached hydrogens (tertiary/aromatic N) is 2. The van der Waals surface area contributed by atoms with Crippen LogP contribution in [-0.2, 0) is 10.9 Å². The number of nitro groups is 1. The molecule has 134 valence electrons. The van der Waals surface area contributed by atoms with E-state index >= 15 is 0 Å². The van der Waals surface area contributed by atoms with Crippen LogP contribution in [0.3, 0.4) is 0 Å². The zero-order chi connectivity index (χ0) is 19.3. The minimum Gasteiger partial charge on any atom is -0.447 e. The molecule has 0 saturated carbocycles. The van der Waals surface area contributed by atoms with E-state index in [0.717, 1.165) is 23.9 Å². The molecule has 0 saturated heterocycles. The summed E-state index contributed by atoms with van der Waals surface area (Å²) in [6.07, 6.45) is -4.72. The predicted octanol–water partition coefficient (Wildman–Crippen LogP) is 4.45. The molecule has 0 bridgehead atoms. The molecule has 6 nitrogen and oxygen atoms in total. The van der Waals surface area contributed by atoms with Gasteiger partial charge in [-0.15, -0.1) is 0 Å². The fourth-order valence-electron chi connectivity index (χ4n) is 1.94. The number of esters is 1. The zero-order valence-corrected chi connectivity index (χ0v) is 13.6. The molecule has 0 spiro atoms. The third-order valence-corrected chi connectivity index (χ3v) is 4.22. The van der Waals surface area contributed by atoms with Gasteiger partial charge < -0.3 is 4.74 Å². The second-order valence-corrected chi connectivity index (χ2v) is 5.85. The van der Waals surface area contributed by atoms with Crippen LogP contribution in [-0.4, -0.2) is 17.5 Å². The first-order valence-corrected chi connectivity index (χ1v) is 7.72. The van der Waals surface area contributed by atoms with E-state index < -0.39 is 34.9 Å². The van der Waals surface area contributed by atoms with Crippen molar-refractivity contribution < 1.29 is 27.6 Å². The number of hydrogen-bond acceptors (Lipinski definition) is 6. The Labute approximate surface area is 149 Å². The topological polar surface area (TPSA) is 93.2 Å². The summed E-state index contributed by atoms with van der Waals surface area (Å²) in [6.45, 7) is -0.474. The summed E-state index contributed by atoms with van der Waals surface area (Å²) in [6, 6.07) is 9.71. The van der Waals surface area contributed by atoms with Gasteiger partial charge in [0.2, 0.25) is 0 Å². The molecule has 10 heteroatoms. The highest BCUT2D eigenvalue weighted by molar-refractivity contribution is 7.99. The average molecular weight is 382 g/mol. The first-order valence-electron chi connectivity index (χ1n) is 6.90. The molecule has 2 aromatic rings. The molecular formula is C16H9F3N2O4S. The highest BCUT2D eigenvalue weighted by Crippen LogP contribution is 2.40. The van der Waals surface area contributed by atoms with Gasteiger partial charge in [0.1, 0.15) is 6.07 Å². The second kappa shape index (κ2) is 7.88. The quantitative estimate of drug-likeness (QED) is 0.431. The Kier molecular flexibility index (Phi) is 5.84. The molecule has 0 N–H and O–H groups in total. The molecule has 2 rings (SSSR count). The third kappa shape index (κ3) is 4.52. The van der Waals surface area contributed by atoms with Crippen molar-refractivity contribution in [3.05, 3.63) is 63.7 Å². The molecule has 0 fully saturated rings. The monoisotopic (exact) mass is 382 g/mol. The normalized spacial score (nSPS) is 10.8. The molecule has 0 heterocycles. The van der Waals surface area contributed by atoms with E-state index in [4.69, 9.17) is 10.00 Å². The van der Waals surface area contributed by atoms with E-state index in [1.54, 1.807) is 12.1 Å². The van der Waals surface area contributed by atoms with Gasteiger partial charge in [-0.2, -0.15) is 18.4 Å². The van der Waals surface area contributed by atoms with Gasteiger partial charge in [-0.05, 0) is 24.3 Å². The van der Waals surface area contributed by atoms with Crippen LogP contribution in [0.1, 0.15) is 15.9 Å². The first-order chi connectivity index (χ1) is 12.2. The van der Waals surface area contributed by atoms with Crippen molar-refractivity contribution in [3.63, 3.8) is 0 Å². The van der Waals surface area contributed by atoms with E-state index in [9.17, 15) is 28.1 Å². The number of carbonyl (C=O) groups is 1. The molecule has 0 aliphatic carbocycles. The summed E-state index contributed by atoms with van der Waals surface area (Å²) >= 11 is 0.758. The van der Waals surface area contributed by atoms with E-state index in [1.165, 1.54) is 18.2 Å². The maximum atomic E-state index is 12.8. The number of halogens is 3. The Balaban J connectivity index is 2.42. The van der Waals surface area contributed by atoms with Crippen molar-refractivity contribution in [1.82, 2.24) is 0 Å². The van der Waals surface area contributed by atoms with E-state index in [1.807, 2.05) is 0 Å². The van der Waals surface area contributed by atoms with Gasteiger partial charge in [-0.3, -0.25) is 10.1 Å². The molecule has 2 aromatic carbocycles. The lowest BCUT2D eigenvalue weighted by Gasteiger charge is -2.10. The summed E-state index contributed by atoms with van der Waals surface area (Å²) < 4.78 is 43.0. The van der Waals surface area contributed by atoms with Crippen molar-refractivity contribution in [1.29, 1.82) is 5.26 Å². The molecule has 0 aliphatic rings. The van der Waals surface area contributed by atoms with Gasteiger partial charge in [0.15, 0.2) is 6.61 Å². The van der Waals surface area contributed by atoms with Gasteiger partial charge in [0.25, 0.3) is 5.69 Å². The van der Waals surface area contributed by atoms with Crippen LogP contribution in [0, 0.1) is 21.4 Å². The molecule has 0 atom stereocenters. The molecule has 0 radical (unpaired) electrons. The van der Waals surface area contributed by atoms with Crippen molar-refractivity contribution in [2.45, 2.75) is 16.0 Å². The number of hydrogen-bond donors (Lipinski definition) is 0. The number of benzene rings is 2. The molecule has 0 aliphatic heterocycles. The lowest BCUT2D eigenvalue weighted by Crippen LogP contribution is -2.07. The fourth-order valence-corrected chi connectivity index (χ4v) is 2.96. The van der Waals surface area contributed by atoms with Crippen molar-refractivity contribution >= 4 is 23.4 Å². The van der Waals surface area contributed by atoms with Crippen molar-refractivity contribution in [2.75, 3.05) is 6.61 Å². The van der Waals surface area contributed by atoms with Crippen LogP contribution in [0.5, 0.6) is 0 Å². The standard InChI is InChI=1S/C16H9F3N2O4S/c17-16(18,19)10-5-6-14(12(9-10)21(23)24)26-13-4-2-1-3-11(13)15(22)25-8-7-20/h1-6,9H,8H2. The van der Waals surface area contributed by atoms with Crippen molar-refractivity contribution in [2.24, 2.45) is 0 Å². The molecule has 26 heavy (non-hydrogen) atoms. The summed E-state index contributed by atoms with van der Waals surface area (Å²) in [5.74, 6) is -0.816. The van der Waals surface area contributed by atoms with Crippen molar-refractivity contribution in [3.8, 4) is 6.07 Å². The lowest BCUT2D eigenvalue weighted by atomic mass is 10.2. The first kappa shape index (κ1) is 19.3. The minimum absolute atomic E-state index is 0.0435. The number of alkyl halides is 3. The van der Waals surface area contributed by atoms with Gasteiger partial charge in [-0.25, -0.2) is 4.79 Å². The summed E-state index contributed by atoms with van der Waals surface area (Å²) in [7, 11) is 0. The largest absolute Gasteiger partial charge is 0.447 e. The Bertz CT molecular complexity index is 894. The van der Waals surface area contributed by atoms with Crippen LogP contribution < -0.4 is 0 Å². The Morgan fingerprint density at radius 2 is 1.92 bits per heavy atom. The maximum Gasteiger partial charge on any atom is 0.416 e. The van der Waals surface area contributed by atoms with E-state index in [-0.39, 0.29) is 15.4 Å². The highest BCUT2D eigenvalue weighted by Gasteiger charge is 2.33. The number of nitro benzene ring substituents is 1. The Hall–Kier alpha value is -3.06. The Morgan fingerprint density at radius 1 is 1.23 bits per heavy atom. The van der Waals surface area contributed by atoms with Gasteiger partial charge in [-0.1, -0.05) is 23.9 Å². The summed E-state index contributed by atoms with van der Waals surface area (Å²) in [4.78, 5) is 22.4. The van der Waals surface area contributed by atoms with Gasteiger partial charge in [0.05, 0.1) is 20.9 Å². The molecule has 0 amide bonds. The summed E-state index contributed by atoms with van der Waals surface area (Å²) in [5.41, 5.74) is -1.83. The number of carbonyl (C=O) groups excluding carboxylic acids is 1. The van der Waals surface area contributed by atoms with Crippen LogP contribution in [0.25, 0.3) is 0 Å². The zero-order valence-electron chi connectivity index (χ0n) is 12.8. The predicted molar refractivity (Wildman–Crippen MR) is 84.6 cm³/mol. The highest BCUT2D eigenvalue weighted by atomic mass is 32.2. The van der Waals surface area contributed by atoms with Crippen LogP contribution in [0.2, 0.25) is 0 Å². The van der Waals surface area contributed by atoms with E-state index in [0.29, 0.717) is 6.07 Å². The van der Waals surface area contributed by atoms with Gasteiger partial charge >= 0.3 is 12.1 Å². The smallest absolute Gasteiger partial charge is 0.416 e. The minimum atomic E-state index is -4.72. The fraction of sp³-hybridized carbons (Fsp3) is 0.125. The maximum absolute atomic E-state index is 12.8. The number of nitriles is 1. The van der Waals surface area contributed by atoms with Crippen LogP contribution >= 0.6 is 11.8 Å². The van der Waals surface area contributed by atoms with E-state index in [2.05, 4.69) is 0 Å². The van der Waals surface area contributed by atoms with Crippen LogP contribution in [0.4, 0.5) is 18.9 Å². The second-order valence-electron chi connectivity index (χ2n) is 4.77. The lowest BCUT2D eigenvalue weighted by molar-refractivity contribution is -0.388. The SMILES string of the molecule is N#CCOC(=O)c1ccccc1Sc1ccc(C(F)(F)F)cc1[N+](=O)[O-]. The number of rotatable bonds is 5. The third-order valence-electron chi connectivity index (χ3n) is 3.08. The number of ether oxygens (including phenoxy) is 1. The Morgan fingerprint density at radius 3 is 2.54 bits per heavy atom. The molecular weight excluding hydrogens is 373 g/mol. The average Bonchev–Trinajstić information content (AvgIpc) is 2.59.